The molecule has 3 fully saturated rings. The number of hydrogen-bond acceptors (Lipinski definition) is 12. The summed E-state index contributed by atoms with van der Waals surface area (Å²) in [6.45, 7) is 13.2. The van der Waals surface area contributed by atoms with Gasteiger partial charge in [0.2, 0.25) is 0 Å². The van der Waals surface area contributed by atoms with Gasteiger partial charge in [0.15, 0.2) is 23.2 Å². The van der Waals surface area contributed by atoms with Gasteiger partial charge in [-0.15, -0.1) is 5.10 Å². The van der Waals surface area contributed by atoms with Crippen molar-refractivity contribution in [3.8, 4) is 0 Å². The Morgan fingerprint density at radius 2 is 1.84 bits per heavy atom. The molecule has 14 heteroatoms. The van der Waals surface area contributed by atoms with Gasteiger partial charge in [-0.25, -0.2) is 29.2 Å². The van der Waals surface area contributed by atoms with Gasteiger partial charge in [0.05, 0.1) is 43.4 Å². The van der Waals surface area contributed by atoms with Gasteiger partial charge in [-0.2, -0.15) is 0 Å². The molecule has 49 heavy (non-hydrogen) atoms. The molecule has 0 aliphatic carbocycles. The fourth-order valence-corrected chi connectivity index (χ4v) is 7.74. The maximum absolute atomic E-state index is 12.8. The Balaban J connectivity index is 1.18. The minimum atomic E-state index is -0.573. The first-order valence-corrected chi connectivity index (χ1v) is 17.6. The molecule has 4 aliphatic heterocycles. The number of rotatable bonds is 5. The van der Waals surface area contributed by atoms with Gasteiger partial charge in [-0.3, -0.25) is 0 Å². The number of amides is 1. The molecule has 264 valence electrons. The van der Waals surface area contributed by atoms with Crippen LogP contribution in [-0.4, -0.2) is 94.5 Å². The Morgan fingerprint density at radius 1 is 1.04 bits per heavy atom. The van der Waals surface area contributed by atoms with E-state index in [0.717, 1.165) is 75.4 Å². The number of alkyl carbamates (subject to hydrolysis) is 1. The molecule has 7 rings (SSSR count). The molecule has 0 aromatic carbocycles. The molecule has 1 N–H and O–H groups in total. The maximum atomic E-state index is 12.8. The van der Waals surface area contributed by atoms with E-state index in [4.69, 9.17) is 39.0 Å². The highest BCUT2D eigenvalue weighted by Crippen LogP contribution is 2.44. The SMILES string of the molecule is COC(=O)c1ccc2c(n1)[C@H](C)CCN2c1nn(C2CCCCO2)c2nc(N3CCC4(CC3)CO[C@@H](C)[C@H]4NC(=O)OC(C)(C)C)cnc12. The first-order valence-electron chi connectivity index (χ1n) is 17.6. The van der Waals surface area contributed by atoms with Crippen LogP contribution in [0.3, 0.4) is 0 Å². The minimum absolute atomic E-state index is 0.108. The molecule has 0 bridgehead atoms. The summed E-state index contributed by atoms with van der Waals surface area (Å²) in [6, 6.07) is 3.49. The first-order chi connectivity index (χ1) is 23.5. The molecule has 0 radical (unpaired) electrons. The number of esters is 1. The summed E-state index contributed by atoms with van der Waals surface area (Å²) in [5, 5.41) is 8.27. The van der Waals surface area contributed by atoms with E-state index in [1.807, 2.05) is 44.6 Å². The van der Waals surface area contributed by atoms with Crippen molar-refractivity contribution in [3.63, 3.8) is 0 Å². The molecule has 1 unspecified atom stereocenters. The van der Waals surface area contributed by atoms with Crippen LogP contribution < -0.4 is 15.1 Å². The van der Waals surface area contributed by atoms with Crippen LogP contribution in [0.15, 0.2) is 18.3 Å². The van der Waals surface area contributed by atoms with Crippen LogP contribution in [0.1, 0.15) is 101 Å². The summed E-state index contributed by atoms with van der Waals surface area (Å²) in [6.07, 6.45) is 6.50. The van der Waals surface area contributed by atoms with Crippen LogP contribution in [0, 0.1) is 5.41 Å². The second-order valence-electron chi connectivity index (χ2n) is 14.9. The Bertz CT molecular complexity index is 1710. The average molecular weight is 677 g/mol. The Kier molecular flexibility index (Phi) is 8.89. The molecular formula is C35H48N8O6. The van der Waals surface area contributed by atoms with Gasteiger partial charge in [0, 0.05) is 37.6 Å². The van der Waals surface area contributed by atoms with Crippen molar-refractivity contribution in [2.75, 3.05) is 49.8 Å². The fraction of sp³-hybridized carbons (Fsp3) is 0.657. The van der Waals surface area contributed by atoms with Crippen LogP contribution in [0.5, 0.6) is 0 Å². The Morgan fingerprint density at radius 3 is 2.55 bits per heavy atom. The van der Waals surface area contributed by atoms with E-state index in [9.17, 15) is 9.59 Å². The van der Waals surface area contributed by atoms with E-state index in [0.29, 0.717) is 35.9 Å². The van der Waals surface area contributed by atoms with Gasteiger partial charge in [-0.05, 0) is 78.4 Å². The van der Waals surface area contributed by atoms with Crippen molar-refractivity contribution in [3.05, 3.63) is 29.7 Å². The predicted molar refractivity (Wildman–Crippen MR) is 182 cm³/mol. The molecular weight excluding hydrogens is 628 g/mol. The summed E-state index contributed by atoms with van der Waals surface area (Å²) in [7, 11) is 1.37. The van der Waals surface area contributed by atoms with Crippen LogP contribution in [0.25, 0.3) is 11.2 Å². The van der Waals surface area contributed by atoms with Crippen molar-refractivity contribution in [2.24, 2.45) is 5.41 Å². The number of anilines is 3. The molecule has 3 aromatic heterocycles. The second kappa shape index (κ2) is 13.0. The third kappa shape index (κ3) is 6.40. The average Bonchev–Trinajstić information content (AvgIpc) is 3.61. The topological polar surface area (TPSA) is 146 Å². The number of ether oxygens (including phenoxy) is 4. The number of aromatic nitrogens is 5. The monoisotopic (exact) mass is 676 g/mol. The third-order valence-corrected chi connectivity index (χ3v) is 10.4. The zero-order valence-corrected chi connectivity index (χ0v) is 29.4. The highest BCUT2D eigenvalue weighted by molar-refractivity contribution is 5.90. The van der Waals surface area contributed by atoms with Crippen LogP contribution in [0.2, 0.25) is 0 Å². The second-order valence-corrected chi connectivity index (χ2v) is 14.9. The lowest BCUT2D eigenvalue weighted by molar-refractivity contribution is -0.0368. The van der Waals surface area contributed by atoms with E-state index < -0.39 is 17.7 Å². The van der Waals surface area contributed by atoms with E-state index in [1.165, 1.54) is 7.11 Å². The maximum Gasteiger partial charge on any atom is 0.407 e. The molecule has 4 aliphatic rings. The molecule has 0 saturated carbocycles. The lowest BCUT2D eigenvalue weighted by Crippen LogP contribution is -2.55. The predicted octanol–water partition coefficient (Wildman–Crippen LogP) is 5.25. The van der Waals surface area contributed by atoms with Crippen LogP contribution >= 0.6 is 0 Å². The number of nitrogens with one attached hydrogen (secondary N) is 1. The zero-order chi connectivity index (χ0) is 34.5. The number of methoxy groups -OCH3 is 1. The van der Waals surface area contributed by atoms with Crippen molar-refractivity contribution < 1.29 is 28.5 Å². The van der Waals surface area contributed by atoms with Crippen LogP contribution in [-0.2, 0) is 18.9 Å². The van der Waals surface area contributed by atoms with Crippen molar-refractivity contribution in [1.82, 2.24) is 30.0 Å². The number of hydrogen-bond donors (Lipinski definition) is 1. The lowest BCUT2D eigenvalue weighted by atomic mass is 9.73. The summed E-state index contributed by atoms with van der Waals surface area (Å²) in [5.41, 5.74) is 2.65. The summed E-state index contributed by atoms with van der Waals surface area (Å²) >= 11 is 0. The lowest BCUT2D eigenvalue weighted by Gasteiger charge is -2.42. The van der Waals surface area contributed by atoms with Gasteiger partial charge in [0.25, 0.3) is 0 Å². The van der Waals surface area contributed by atoms with E-state index in [1.54, 1.807) is 6.07 Å². The number of carbonyl (C=O) groups excluding carboxylic acids is 2. The molecule has 1 amide bonds. The normalized spacial score (nSPS) is 25.3. The van der Waals surface area contributed by atoms with Gasteiger partial charge in [-0.1, -0.05) is 6.92 Å². The zero-order valence-electron chi connectivity index (χ0n) is 29.4. The van der Waals surface area contributed by atoms with E-state index in [2.05, 4.69) is 22.0 Å². The number of piperidine rings is 1. The van der Waals surface area contributed by atoms with E-state index in [-0.39, 0.29) is 29.7 Å². The first kappa shape index (κ1) is 33.5. The minimum Gasteiger partial charge on any atom is -0.464 e. The molecule has 3 aromatic rings. The van der Waals surface area contributed by atoms with Crippen molar-refractivity contribution in [1.29, 1.82) is 0 Å². The standard InChI is InChI=1S/C35H48N8O6/c1-21-12-15-42(24-11-10-23(32(44)46-6)37-27(21)24)31-28-30(43(40-31)26-9-7-8-18-47-26)38-25(19-36-28)41-16-13-35(14-17-41)20-48-22(2)29(35)39-33(45)49-34(3,4)5/h10-11,19,21-22,26,29H,7-9,12-18,20H2,1-6H3,(H,39,45)/t21-,22+,26?,29-/m1/s1. The molecule has 4 atom stereocenters. The van der Waals surface area contributed by atoms with Crippen LogP contribution in [0.4, 0.5) is 22.1 Å². The summed E-state index contributed by atoms with van der Waals surface area (Å²) in [5.74, 6) is 1.20. The van der Waals surface area contributed by atoms with Crippen molar-refractivity contribution >= 4 is 40.5 Å². The number of pyridine rings is 1. The fourth-order valence-electron chi connectivity index (χ4n) is 7.74. The smallest absolute Gasteiger partial charge is 0.407 e. The number of carbonyl (C=O) groups is 2. The molecule has 3 saturated heterocycles. The summed E-state index contributed by atoms with van der Waals surface area (Å²) in [4.78, 5) is 44.4. The Labute approximate surface area is 286 Å². The largest absolute Gasteiger partial charge is 0.464 e. The number of fused-ring (bicyclic) bond motifs is 2. The van der Waals surface area contributed by atoms with Gasteiger partial charge in [0.1, 0.15) is 17.1 Å². The highest BCUT2D eigenvalue weighted by Gasteiger charge is 2.50. The molecule has 1 spiro atoms. The Hall–Kier alpha value is -4.04. The highest BCUT2D eigenvalue weighted by atomic mass is 16.6. The molecule has 7 heterocycles. The summed E-state index contributed by atoms with van der Waals surface area (Å²) < 4.78 is 24.8. The van der Waals surface area contributed by atoms with Gasteiger partial charge >= 0.3 is 12.1 Å². The van der Waals surface area contributed by atoms with Crippen molar-refractivity contribution in [2.45, 2.75) is 103 Å². The quantitative estimate of drug-likeness (QED) is 0.352. The molecule has 14 nitrogen and oxygen atoms in total. The van der Waals surface area contributed by atoms with E-state index >= 15 is 0 Å². The van der Waals surface area contributed by atoms with Gasteiger partial charge < -0.3 is 34.1 Å². The number of nitrogens with zero attached hydrogens (tertiary/aromatic N) is 7. The third-order valence-electron chi connectivity index (χ3n) is 10.4.